The first kappa shape index (κ1) is 20.6. The van der Waals surface area contributed by atoms with Crippen LogP contribution in [0.25, 0.3) is 6.08 Å². The Morgan fingerprint density at radius 1 is 1.17 bits per heavy atom. The number of anilines is 1. The number of esters is 2. The summed E-state index contributed by atoms with van der Waals surface area (Å²) in [5.74, 6) is -1.03. The van der Waals surface area contributed by atoms with Gasteiger partial charge in [0.2, 0.25) is 0 Å². The van der Waals surface area contributed by atoms with Gasteiger partial charge in [-0.05, 0) is 42.8 Å². The minimum absolute atomic E-state index is 0.166. The summed E-state index contributed by atoms with van der Waals surface area (Å²) in [6.07, 6.45) is 1.90. The van der Waals surface area contributed by atoms with Gasteiger partial charge in [0.1, 0.15) is 6.61 Å². The molecule has 1 aliphatic heterocycles. The molecule has 2 aromatic carbocycles. The molecule has 1 N–H and O–H groups in total. The number of carbonyl (C=O) groups excluding carboxylic acids is 2. The van der Waals surface area contributed by atoms with Gasteiger partial charge in [-0.1, -0.05) is 29.8 Å². The Balaban J connectivity index is 1.69. The summed E-state index contributed by atoms with van der Waals surface area (Å²) in [6, 6.07) is 14.7. The van der Waals surface area contributed by atoms with E-state index in [-0.39, 0.29) is 13.0 Å². The third kappa shape index (κ3) is 4.84. The largest absolute Gasteiger partial charge is 0.458 e. The lowest BCUT2D eigenvalue weighted by molar-refractivity contribution is -0.154. The second kappa shape index (κ2) is 8.49. The topological polar surface area (TPSA) is 76.1 Å². The predicted octanol–water partition coefficient (Wildman–Crippen LogP) is 2.98. The second-order valence-corrected chi connectivity index (χ2v) is 7.51. The lowest BCUT2D eigenvalue weighted by atomic mass is 9.98. The zero-order chi connectivity index (χ0) is 21.0. The van der Waals surface area contributed by atoms with Crippen LogP contribution in [0.15, 0.2) is 54.1 Å². The van der Waals surface area contributed by atoms with Crippen LogP contribution >= 0.6 is 0 Å². The molecule has 0 spiro atoms. The highest BCUT2D eigenvalue weighted by Gasteiger charge is 2.44. The van der Waals surface area contributed by atoms with Gasteiger partial charge in [0, 0.05) is 31.8 Å². The van der Waals surface area contributed by atoms with E-state index in [0.717, 1.165) is 16.8 Å². The number of cyclic esters (lactones) is 1. The number of rotatable bonds is 6. The van der Waals surface area contributed by atoms with Crippen molar-refractivity contribution in [3.8, 4) is 0 Å². The molecule has 0 saturated carbocycles. The lowest BCUT2D eigenvalue weighted by Crippen LogP contribution is -2.39. The van der Waals surface area contributed by atoms with E-state index in [1.807, 2.05) is 62.3 Å². The van der Waals surface area contributed by atoms with Crippen molar-refractivity contribution in [1.29, 1.82) is 0 Å². The summed E-state index contributed by atoms with van der Waals surface area (Å²) in [4.78, 5) is 26.6. The van der Waals surface area contributed by atoms with E-state index in [0.29, 0.717) is 11.1 Å². The minimum atomic E-state index is -1.26. The van der Waals surface area contributed by atoms with Crippen LogP contribution in [0.2, 0.25) is 0 Å². The number of nitrogens with zero attached hydrogens (tertiary/aromatic N) is 1. The van der Waals surface area contributed by atoms with Gasteiger partial charge in [-0.15, -0.1) is 0 Å². The number of aryl methyl sites for hydroxylation is 1. The third-order valence-corrected chi connectivity index (χ3v) is 4.88. The lowest BCUT2D eigenvalue weighted by Gasteiger charge is -2.24. The molecule has 0 bridgehead atoms. The van der Waals surface area contributed by atoms with Gasteiger partial charge in [-0.2, -0.15) is 0 Å². The predicted molar refractivity (Wildman–Crippen MR) is 111 cm³/mol. The highest BCUT2D eigenvalue weighted by Crippen LogP contribution is 2.32. The van der Waals surface area contributed by atoms with Crippen LogP contribution in [0.5, 0.6) is 0 Å². The van der Waals surface area contributed by atoms with Crippen LogP contribution in [0.3, 0.4) is 0 Å². The van der Waals surface area contributed by atoms with E-state index in [1.54, 1.807) is 18.2 Å². The van der Waals surface area contributed by atoms with E-state index in [9.17, 15) is 14.7 Å². The fraction of sp³-hybridized carbons (Fsp3) is 0.304. The average Bonchev–Trinajstić information content (AvgIpc) is 3.03. The van der Waals surface area contributed by atoms with E-state index in [2.05, 4.69) is 0 Å². The smallest absolute Gasteiger partial charge is 0.338 e. The van der Waals surface area contributed by atoms with Gasteiger partial charge < -0.3 is 19.5 Å². The van der Waals surface area contributed by atoms with Crippen molar-refractivity contribution in [1.82, 2.24) is 0 Å². The van der Waals surface area contributed by atoms with Crippen molar-refractivity contribution in [2.75, 3.05) is 32.2 Å². The van der Waals surface area contributed by atoms with Crippen molar-refractivity contribution in [2.24, 2.45) is 0 Å². The number of benzene rings is 2. The Kier molecular flexibility index (Phi) is 6.03. The van der Waals surface area contributed by atoms with Gasteiger partial charge in [0.05, 0.1) is 12.2 Å². The summed E-state index contributed by atoms with van der Waals surface area (Å²) in [6.45, 7) is 1.28. The molecule has 152 valence electrons. The maximum Gasteiger partial charge on any atom is 0.338 e. The zero-order valence-corrected chi connectivity index (χ0v) is 16.8. The zero-order valence-electron chi connectivity index (χ0n) is 16.8. The Morgan fingerprint density at radius 2 is 1.83 bits per heavy atom. The number of aliphatic hydroxyl groups is 1. The molecule has 0 amide bonds. The second-order valence-electron chi connectivity index (χ2n) is 7.51. The molecule has 0 aliphatic carbocycles. The molecule has 0 aromatic heterocycles. The minimum Gasteiger partial charge on any atom is -0.458 e. The van der Waals surface area contributed by atoms with Crippen LogP contribution in [0, 0.1) is 6.92 Å². The molecule has 29 heavy (non-hydrogen) atoms. The number of hydrogen-bond donors (Lipinski definition) is 1. The molecule has 1 fully saturated rings. The Morgan fingerprint density at radius 3 is 2.41 bits per heavy atom. The molecular weight excluding hydrogens is 370 g/mol. The monoisotopic (exact) mass is 395 g/mol. The maximum absolute atomic E-state index is 12.3. The molecule has 1 aliphatic rings. The SMILES string of the molecule is Cc1ccc(C(=O)OCC2(CO)C/C(=C\c3ccc(N(C)C)cc3)C(=O)O2)cc1. The fourth-order valence-electron chi connectivity index (χ4n) is 3.08. The van der Waals surface area contributed by atoms with Crippen molar-refractivity contribution in [2.45, 2.75) is 18.9 Å². The van der Waals surface area contributed by atoms with E-state index in [4.69, 9.17) is 9.47 Å². The number of ether oxygens (including phenoxy) is 2. The van der Waals surface area contributed by atoms with Gasteiger partial charge >= 0.3 is 11.9 Å². The highest BCUT2D eigenvalue weighted by molar-refractivity contribution is 5.96. The molecule has 2 aromatic rings. The van der Waals surface area contributed by atoms with Crippen LogP contribution < -0.4 is 4.90 Å². The molecule has 1 heterocycles. The molecule has 1 unspecified atom stereocenters. The molecular formula is C23H25NO5. The number of hydrogen-bond acceptors (Lipinski definition) is 6. The Hall–Kier alpha value is -3.12. The number of aliphatic hydroxyl groups excluding tert-OH is 1. The number of carbonyl (C=O) groups is 2. The summed E-state index contributed by atoms with van der Waals surface area (Å²) in [7, 11) is 3.91. The molecule has 1 saturated heterocycles. The standard InChI is InChI=1S/C23H25NO5/c1-16-4-8-18(9-5-16)21(26)28-15-23(14-25)13-19(22(27)29-23)12-17-6-10-20(11-7-17)24(2)3/h4-12,25H,13-15H2,1-3H3/b19-12+. The maximum atomic E-state index is 12.3. The summed E-state index contributed by atoms with van der Waals surface area (Å²) in [5, 5.41) is 9.83. The first-order valence-electron chi connectivity index (χ1n) is 9.38. The van der Waals surface area contributed by atoms with Gasteiger partial charge in [0.25, 0.3) is 0 Å². The average molecular weight is 395 g/mol. The van der Waals surface area contributed by atoms with Gasteiger partial charge in [-0.25, -0.2) is 9.59 Å². The van der Waals surface area contributed by atoms with E-state index >= 15 is 0 Å². The van der Waals surface area contributed by atoms with Crippen molar-refractivity contribution in [3.05, 3.63) is 70.8 Å². The Labute approximate surface area is 170 Å². The molecule has 6 heteroatoms. The van der Waals surface area contributed by atoms with Gasteiger partial charge in [-0.3, -0.25) is 0 Å². The van der Waals surface area contributed by atoms with E-state index in [1.165, 1.54) is 0 Å². The molecule has 0 radical (unpaired) electrons. The van der Waals surface area contributed by atoms with Crippen LogP contribution in [-0.4, -0.2) is 50.0 Å². The molecule has 3 rings (SSSR count). The van der Waals surface area contributed by atoms with Crippen LogP contribution in [-0.2, 0) is 14.3 Å². The first-order valence-corrected chi connectivity index (χ1v) is 9.38. The molecule has 1 atom stereocenters. The van der Waals surface area contributed by atoms with Crippen LogP contribution in [0.1, 0.15) is 27.9 Å². The summed E-state index contributed by atoms with van der Waals surface area (Å²) in [5.41, 5.74) is 2.52. The van der Waals surface area contributed by atoms with Gasteiger partial charge in [0.15, 0.2) is 5.60 Å². The van der Waals surface area contributed by atoms with Crippen LogP contribution in [0.4, 0.5) is 5.69 Å². The molecule has 6 nitrogen and oxygen atoms in total. The third-order valence-electron chi connectivity index (χ3n) is 4.88. The first-order chi connectivity index (χ1) is 13.8. The summed E-state index contributed by atoms with van der Waals surface area (Å²) < 4.78 is 10.7. The quantitative estimate of drug-likeness (QED) is 0.599. The summed E-state index contributed by atoms with van der Waals surface area (Å²) >= 11 is 0. The van der Waals surface area contributed by atoms with Crippen molar-refractivity contribution < 1.29 is 24.2 Å². The van der Waals surface area contributed by atoms with Crippen molar-refractivity contribution >= 4 is 23.7 Å². The fourth-order valence-corrected chi connectivity index (χ4v) is 3.08. The van der Waals surface area contributed by atoms with E-state index < -0.39 is 24.1 Å². The normalized spacial score (nSPS) is 19.9. The van der Waals surface area contributed by atoms with Crippen molar-refractivity contribution in [3.63, 3.8) is 0 Å². The highest BCUT2D eigenvalue weighted by atomic mass is 16.6. The Bertz CT molecular complexity index is 915.